The van der Waals surface area contributed by atoms with Gasteiger partial charge in [-0.2, -0.15) is 9.57 Å². The Hall–Kier alpha value is -3.68. The highest BCUT2D eigenvalue weighted by Gasteiger charge is 2.27. The number of para-hydroxylation sites is 2. The van der Waals surface area contributed by atoms with Crippen LogP contribution in [0.1, 0.15) is 29.0 Å². The molecule has 0 bridgehead atoms. The van der Waals surface area contributed by atoms with Gasteiger partial charge in [0.05, 0.1) is 21.5 Å². The highest BCUT2D eigenvalue weighted by Crippen LogP contribution is 2.22. The number of esters is 1. The number of imidazole rings is 1. The summed E-state index contributed by atoms with van der Waals surface area (Å²) in [5, 5.41) is 19.7. The first-order chi connectivity index (χ1) is 15.4. The van der Waals surface area contributed by atoms with Gasteiger partial charge in [0.2, 0.25) is 10.0 Å². The molecule has 2 N–H and O–H groups in total. The largest absolute Gasteiger partial charge is 0.507 e. The number of hydrogen-bond donors (Lipinski definition) is 2. The first-order valence-corrected chi connectivity index (χ1v) is 11.4. The topological polar surface area (TPSA) is 136 Å². The fraction of sp³-hybridized carbons (Fsp3) is 0.227. The summed E-state index contributed by atoms with van der Waals surface area (Å²) in [5.41, 5.74) is 1.31. The van der Waals surface area contributed by atoms with Crippen LogP contribution in [0.2, 0.25) is 0 Å². The summed E-state index contributed by atoms with van der Waals surface area (Å²) in [7, 11) is -3.58. The molecule has 3 aromatic rings. The van der Waals surface area contributed by atoms with Crippen LogP contribution in [0.5, 0.6) is 0 Å². The van der Waals surface area contributed by atoms with Crippen LogP contribution in [0.3, 0.4) is 0 Å². The fourth-order valence-electron chi connectivity index (χ4n) is 3.46. The maximum absolute atomic E-state index is 12.6. The van der Waals surface area contributed by atoms with Crippen molar-refractivity contribution >= 4 is 32.6 Å². The lowest BCUT2D eigenvalue weighted by Crippen LogP contribution is -2.27. The van der Waals surface area contributed by atoms with E-state index in [1.54, 1.807) is 18.2 Å². The van der Waals surface area contributed by atoms with Crippen LogP contribution in [0, 0.1) is 11.3 Å². The predicted octanol–water partition coefficient (Wildman–Crippen LogP) is 3.00. The average molecular weight is 452 g/mol. The lowest BCUT2D eigenvalue weighted by atomic mass is 10.2. The Labute approximate surface area is 184 Å². The Kier molecular flexibility index (Phi) is 5.94. The van der Waals surface area contributed by atoms with Crippen molar-refractivity contribution in [1.29, 1.82) is 5.26 Å². The minimum absolute atomic E-state index is 0.107. The maximum Gasteiger partial charge on any atom is 0.338 e. The van der Waals surface area contributed by atoms with Gasteiger partial charge in [-0.1, -0.05) is 12.1 Å². The number of nitriles is 1. The molecule has 0 atom stereocenters. The molecular formula is C22H20N4O5S. The molecule has 1 aromatic heterocycles. The lowest BCUT2D eigenvalue weighted by molar-refractivity contribution is 0.0502. The Morgan fingerprint density at radius 3 is 2.50 bits per heavy atom. The fourth-order valence-corrected chi connectivity index (χ4v) is 4.97. The smallest absolute Gasteiger partial charge is 0.338 e. The number of benzene rings is 2. The van der Waals surface area contributed by atoms with Gasteiger partial charge in [0, 0.05) is 13.1 Å². The number of fused-ring (bicyclic) bond motifs is 1. The van der Waals surface area contributed by atoms with Crippen LogP contribution in [-0.4, -0.2) is 53.5 Å². The van der Waals surface area contributed by atoms with Crippen LogP contribution in [0.25, 0.3) is 16.6 Å². The van der Waals surface area contributed by atoms with E-state index in [4.69, 9.17) is 4.74 Å². The quantitative estimate of drug-likeness (QED) is 0.333. The number of ether oxygens (including phenoxy) is 1. The van der Waals surface area contributed by atoms with Gasteiger partial charge < -0.3 is 14.8 Å². The van der Waals surface area contributed by atoms with E-state index in [1.807, 2.05) is 12.1 Å². The molecule has 2 aromatic carbocycles. The molecule has 0 amide bonds. The molecule has 9 nitrogen and oxygen atoms in total. The Balaban J connectivity index is 1.46. The number of hydrogen-bond acceptors (Lipinski definition) is 7. The van der Waals surface area contributed by atoms with Crippen molar-refractivity contribution in [1.82, 2.24) is 14.3 Å². The van der Waals surface area contributed by atoms with Gasteiger partial charge in [-0.15, -0.1) is 0 Å². The second kappa shape index (κ2) is 8.82. The van der Waals surface area contributed by atoms with Crippen LogP contribution in [-0.2, 0) is 14.8 Å². The van der Waals surface area contributed by atoms with Crippen molar-refractivity contribution < 1.29 is 23.1 Å². The van der Waals surface area contributed by atoms with Crippen LogP contribution < -0.4 is 0 Å². The van der Waals surface area contributed by atoms with E-state index < -0.39 is 28.4 Å². The molecule has 0 unspecified atom stereocenters. The standard InChI is InChI=1S/C22H20N4O5S/c23-13-17(21-24-18-5-1-2-6-19(18)25-21)20(27)14-31-22(28)15-7-9-16(10-8-15)32(29,30)26-11-3-4-12-26/h1-2,5-10,27H,3-4,11-12,14H2,(H,24,25). The van der Waals surface area contributed by atoms with Crippen molar-refractivity contribution in [2.75, 3.05) is 19.7 Å². The van der Waals surface area contributed by atoms with Gasteiger partial charge in [-0.05, 0) is 49.2 Å². The average Bonchev–Trinajstić information content (AvgIpc) is 3.48. The first-order valence-electron chi connectivity index (χ1n) is 9.95. The minimum Gasteiger partial charge on any atom is -0.507 e. The van der Waals surface area contributed by atoms with E-state index in [2.05, 4.69) is 9.97 Å². The number of rotatable bonds is 6. The number of nitrogens with zero attached hydrogens (tertiary/aromatic N) is 3. The molecule has 2 heterocycles. The number of nitrogens with one attached hydrogen (secondary N) is 1. The zero-order chi connectivity index (χ0) is 22.7. The SMILES string of the molecule is N#CC(=C(O)COC(=O)c1ccc(S(=O)(=O)N2CCCC2)cc1)c1nc2ccccc2[nH]1. The molecular weight excluding hydrogens is 432 g/mol. The van der Waals surface area contributed by atoms with Crippen LogP contribution in [0.15, 0.2) is 59.2 Å². The van der Waals surface area contributed by atoms with Gasteiger partial charge in [-0.25, -0.2) is 18.2 Å². The van der Waals surface area contributed by atoms with Crippen molar-refractivity contribution in [3.8, 4) is 6.07 Å². The summed E-state index contributed by atoms with van der Waals surface area (Å²) in [5.74, 6) is -1.05. The van der Waals surface area contributed by atoms with Gasteiger partial charge in [0.25, 0.3) is 0 Å². The zero-order valence-electron chi connectivity index (χ0n) is 17.0. The number of carbonyl (C=O) groups is 1. The summed E-state index contributed by atoms with van der Waals surface area (Å²) >= 11 is 0. The van der Waals surface area contributed by atoms with E-state index in [0.29, 0.717) is 24.1 Å². The summed E-state index contributed by atoms with van der Waals surface area (Å²) < 4.78 is 31.7. The van der Waals surface area contributed by atoms with Gasteiger partial charge in [-0.3, -0.25) is 0 Å². The number of aromatic nitrogens is 2. The Morgan fingerprint density at radius 2 is 1.84 bits per heavy atom. The number of aliphatic hydroxyl groups excluding tert-OH is 1. The van der Waals surface area contributed by atoms with E-state index >= 15 is 0 Å². The summed E-state index contributed by atoms with van der Waals surface area (Å²) in [6.07, 6.45) is 1.67. The molecule has 4 rings (SSSR count). The van der Waals surface area contributed by atoms with Crippen molar-refractivity contribution in [2.45, 2.75) is 17.7 Å². The molecule has 164 valence electrons. The molecule has 1 fully saturated rings. The van der Waals surface area contributed by atoms with E-state index in [-0.39, 0.29) is 21.9 Å². The number of carbonyl (C=O) groups excluding carboxylic acids is 1. The Bertz CT molecular complexity index is 1300. The monoisotopic (exact) mass is 452 g/mol. The summed E-state index contributed by atoms with van der Waals surface area (Å²) in [4.78, 5) is 19.6. The number of allylic oxidation sites excluding steroid dienone is 1. The van der Waals surface area contributed by atoms with E-state index in [1.165, 1.54) is 28.6 Å². The van der Waals surface area contributed by atoms with Gasteiger partial charge in [0.1, 0.15) is 18.2 Å². The van der Waals surface area contributed by atoms with Crippen LogP contribution in [0.4, 0.5) is 0 Å². The summed E-state index contributed by atoms with van der Waals surface area (Å²) in [6, 6.07) is 14.4. The van der Waals surface area contributed by atoms with Crippen molar-refractivity contribution in [2.24, 2.45) is 0 Å². The molecule has 32 heavy (non-hydrogen) atoms. The van der Waals surface area contributed by atoms with E-state index in [9.17, 15) is 23.6 Å². The molecule has 0 saturated carbocycles. The summed E-state index contributed by atoms with van der Waals surface area (Å²) in [6.45, 7) is 0.445. The predicted molar refractivity (Wildman–Crippen MR) is 116 cm³/mol. The zero-order valence-corrected chi connectivity index (χ0v) is 17.8. The third-order valence-corrected chi connectivity index (χ3v) is 7.07. The lowest BCUT2D eigenvalue weighted by Gasteiger charge is -2.15. The highest BCUT2D eigenvalue weighted by molar-refractivity contribution is 7.89. The number of sulfonamides is 1. The first kappa shape index (κ1) is 21.5. The third kappa shape index (κ3) is 4.21. The molecule has 1 saturated heterocycles. The molecule has 10 heteroatoms. The molecule has 1 aliphatic rings. The highest BCUT2D eigenvalue weighted by atomic mass is 32.2. The van der Waals surface area contributed by atoms with Gasteiger partial charge in [0.15, 0.2) is 11.6 Å². The van der Waals surface area contributed by atoms with E-state index in [0.717, 1.165) is 12.8 Å². The normalized spacial score (nSPS) is 15.3. The van der Waals surface area contributed by atoms with Crippen molar-refractivity contribution in [3.05, 3.63) is 65.7 Å². The molecule has 0 spiro atoms. The number of aromatic amines is 1. The number of H-pyrrole nitrogens is 1. The molecule has 0 aliphatic carbocycles. The second-order valence-corrected chi connectivity index (χ2v) is 9.19. The maximum atomic E-state index is 12.6. The number of aliphatic hydroxyl groups is 1. The van der Waals surface area contributed by atoms with Crippen LogP contribution >= 0.6 is 0 Å². The Morgan fingerprint density at radius 1 is 1.16 bits per heavy atom. The second-order valence-electron chi connectivity index (χ2n) is 7.25. The van der Waals surface area contributed by atoms with Crippen molar-refractivity contribution in [3.63, 3.8) is 0 Å². The minimum atomic E-state index is -3.58. The van der Waals surface area contributed by atoms with Gasteiger partial charge >= 0.3 is 5.97 Å². The molecule has 0 radical (unpaired) electrons. The third-order valence-electron chi connectivity index (χ3n) is 5.16. The molecule has 1 aliphatic heterocycles.